The fourth-order valence-corrected chi connectivity index (χ4v) is 4.73. The highest BCUT2D eigenvalue weighted by Crippen LogP contribution is 2.57. The molecule has 1 spiro atoms. The quantitative estimate of drug-likeness (QED) is 0.741. The number of ether oxygens (including phenoxy) is 2. The molecule has 1 atom stereocenters. The molecule has 0 bridgehead atoms. The molecule has 3 nitrogen and oxygen atoms in total. The van der Waals surface area contributed by atoms with Gasteiger partial charge in [0.05, 0.1) is 12.0 Å². The highest BCUT2D eigenvalue weighted by Gasteiger charge is 2.58. The van der Waals surface area contributed by atoms with E-state index < -0.39 is 5.72 Å². The smallest absolute Gasteiger partial charge is 0.212 e. The maximum Gasteiger partial charge on any atom is 0.212 e. The van der Waals surface area contributed by atoms with Crippen LogP contribution in [0.25, 0.3) is 6.08 Å². The van der Waals surface area contributed by atoms with Crippen molar-refractivity contribution >= 4 is 11.8 Å². The zero-order valence-electron chi connectivity index (χ0n) is 16.5. The number of rotatable bonds is 2. The van der Waals surface area contributed by atoms with Crippen LogP contribution in [0.1, 0.15) is 43.0 Å². The largest absolute Gasteiger partial charge is 0.490 e. The summed E-state index contributed by atoms with van der Waals surface area (Å²) in [4.78, 5) is 2.30. The van der Waals surface area contributed by atoms with Crippen LogP contribution >= 0.6 is 0 Å². The van der Waals surface area contributed by atoms with Gasteiger partial charge in [-0.1, -0.05) is 24.3 Å². The minimum Gasteiger partial charge on any atom is -0.490 e. The Labute approximate surface area is 156 Å². The first-order chi connectivity index (χ1) is 12.3. The summed E-state index contributed by atoms with van der Waals surface area (Å²) < 4.78 is 12.7. The molecule has 26 heavy (non-hydrogen) atoms. The highest BCUT2D eigenvalue weighted by atomic mass is 16.5. The predicted octanol–water partition coefficient (Wildman–Crippen LogP) is 5.23. The molecule has 0 fully saturated rings. The minimum atomic E-state index is -0.577. The van der Waals surface area contributed by atoms with Crippen molar-refractivity contribution in [3.8, 4) is 11.5 Å². The van der Waals surface area contributed by atoms with E-state index in [2.05, 4.69) is 70.0 Å². The standard InChI is InChI=1S/C23H27NO2/c1-7-25-18-10-8-9-17-13-14-23(26-21(17)18)22(4,5)19-15(2)11-12-16(3)20(19)24(23)6/h8-14H,7H2,1-6H3. The number of hydrogen-bond acceptors (Lipinski definition) is 3. The monoisotopic (exact) mass is 349 g/mol. The van der Waals surface area contributed by atoms with Gasteiger partial charge in [0.15, 0.2) is 11.5 Å². The Morgan fingerprint density at radius 2 is 1.81 bits per heavy atom. The topological polar surface area (TPSA) is 21.7 Å². The van der Waals surface area contributed by atoms with Crippen LogP contribution in [0.2, 0.25) is 0 Å². The summed E-state index contributed by atoms with van der Waals surface area (Å²) in [5.74, 6) is 1.64. The maximum absolute atomic E-state index is 6.80. The van der Waals surface area contributed by atoms with Crippen molar-refractivity contribution in [3.63, 3.8) is 0 Å². The van der Waals surface area contributed by atoms with Crippen molar-refractivity contribution in [2.75, 3.05) is 18.6 Å². The molecule has 0 saturated heterocycles. The van der Waals surface area contributed by atoms with E-state index in [-0.39, 0.29) is 5.41 Å². The lowest BCUT2D eigenvalue weighted by Crippen LogP contribution is -2.58. The van der Waals surface area contributed by atoms with Crippen molar-refractivity contribution < 1.29 is 9.47 Å². The van der Waals surface area contributed by atoms with Gasteiger partial charge in [0.1, 0.15) is 0 Å². The van der Waals surface area contributed by atoms with Crippen LogP contribution in [0.4, 0.5) is 5.69 Å². The van der Waals surface area contributed by atoms with Crippen molar-refractivity contribution in [1.29, 1.82) is 0 Å². The second-order valence-electron chi connectivity index (χ2n) is 7.85. The molecule has 0 amide bonds. The molecule has 2 aliphatic rings. The lowest BCUT2D eigenvalue weighted by atomic mass is 9.74. The molecule has 136 valence electrons. The third kappa shape index (κ3) is 2.00. The zero-order chi connectivity index (χ0) is 18.7. The van der Waals surface area contributed by atoms with Crippen molar-refractivity contribution in [3.05, 3.63) is 58.7 Å². The van der Waals surface area contributed by atoms with E-state index in [9.17, 15) is 0 Å². The summed E-state index contributed by atoms with van der Waals surface area (Å²) in [5, 5.41) is 0. The molecule has 3 heteroatoms. The summed E-state index contributed by atoms with van der Waals surface area (Å²) in [6.45, 7) is 11.5. The molecule has 1 unspecified atom stereocenters. The van der Waals surface area contributed by atoms with E-state index in [1.807, 2.05) is 19.1 Å². The second kappa shape index (κ2) is 5.54. The first-order valence-corrected chi connectivity index (χ1v) is 9.32. The minimum absolute atomic E-state index is 0.208. The van der Waals surface area contributed by atoms with Gasteiger partial charge in [-0.15, -0.1) is 0 Å². The van der Waals surface area contributed by atoms with Crippen LogP contribution < -0.4 is 14.4 Å². The van der Waals surface area contributed by atoms with Crippen LogP contribution in [0.3, 0.4) is 0 Å². The van der Waals surface area contributed by atoms with E-state index in [0.29, 0.717) is 6.61 Å². The Kier molecular flexibility index (Phi) is 3.62. The highest BCUT2D eigenvalue weighted by molar-refractivity contribution is 5.76. The third-order valence-electron chi connectivity index (χ3n) is 6.00. The van der Waals surface area contributed by atoms with E-state index in [1.54, 1.807) is 0 Å². The van der Waals surface area contributed by atoms with Gasteiger partial charge >= 0.3 is 0 Å². The number of benzene rings is 2. The molecule has 0 N–H and O–H groups in total. The fraction of sp³-hybridized carbons (Fsp3) is 0.391. The van der Waals surface area contributed by atoms with Gasteiger partial charge in [-0.3, -0.25) is 0 Å². The summed E-state index contributed by atoms with van der Waals surface area (Å²) in [6.07, 6.45) is 4.39. The van der Waals surface area contributed by atoms with Gasteiger partial charge in [-0.05, 0) is 69.5 Å². The number of aryl methyl sites for hydroxylation is 2. The number of anilines is 1. The molecule has 2 heterocycles. The van der Waals surface area contributed by atoms with E-state index in [1.165, 1.54) is 22.4 Å². The number of fused-ring (bicyclic) bond motifs is 2. The maximum atomic E-state index is 6.80. The predicted molar refractivity (Wildman–Crippen MR) is 107 cm³/mol. The van der Waals surface area contributed by atoms with E-state index >= 15 is 0 Å². The van der Waals surface area contributed by atoms with E-state index in [0.717, 1.165) is 17.1 Å². The first kappa shape index (κ1) is 17.0. The number of hydrogen-bond donors (Lipinski definition) is 0. The second-order valence-corrected chi connectivity index (χ2v) is 7.85. The zero-order valence-corrected chi connectivity index (χ0v) is 16.5. The molecule has 0 aromatic heterocycles. The summed E-state index contributed by atoms with van der Waals surface area (Å²) in [5.41, 5.74) is 5.50. The molecule has 2 aromatic carbocycles. The fourth-order valence-electron chi connectivity index (χ4n) is 4.73. The molecular formula is C23H27NO2. The SMILES string of the molecule is CCOc1cccc2c1OC1(C=C2)N(C)c2c(C)ccc(C)c2C1(C)C. The van der Waals surface area contributed by atoms with Gasteiger partial charge in [-0.25, -0.2) is 0 Å². The molecule has 2 aliphatic heterocycles. The molecule has 0 saturated carbocycles. The lowest BCUT2D eigenvalue weighted by Gasteiger charge is -2.46. The Bertz CT molecular complexity index is 913. The van der Waals surface area contributed by atoms with Crippen molar-refractivity contribution in [1.82, 2.24) is 0 Å². The Balaban J connectivity index is 1.92. The average molecular weight is 349 g/mol. The third-order valence-corrected chi connectivity index (χ3v) is 6.00. The van der Waals surface area contributed by atoms with Crippen LogP contribution in [-0.4, -0.2) is 19.4 Å². The first-order valence-electron chi connectivity index (χ1n) is 9.32. The molecule has 4 rings (SSSR count). The number of para-hydroxylation sites is 1. The van der Waals surface area contributed by atoms with Crippen LogP contribution in [0, 0.1) is 13.8 Å². The summed E-state index contributed by atoms with van der Waals surface area (Å²) >= 11 is 0. The van der Waals surface area contributed by atoms with Crippen LogP contribution in [-0.2, 0) is 5.41 Å². The molecular weight excluding hydrogens is 322 g/mol. The van der Waals surface area contributed by atoms with Gasteiger partial charge in [0, 0.05) is 18.3 Å². The molecule has 2 aromatic rings. The normalized spacial score (nSPS) is 22.2. The van der Waals surface area contributed by atoms with Crippen LogP contribution in [0.5, 0.6) is 11.5 Å². The van der Waals surface area contributed by atoms with Crippen LogP contribution in [0.15, 0.2) is 36.4 Å². The Morgan fingerprint density at radius 3 is 2.50 bits per heavy atom. The van der Waals surface area contributed by atoms with E-state index in [4.69, 9.17) is 9.47 Å². The van der Waals surface area contributed by atoms with Gasteiger partial charge in [-0.2, -0.15) is 0 Å². The summed E-state index contributed by atoms with van der Waals surface area (Å²) in [6, 6.07) is 10.5. The molecule has 0 radical (unpaired) electrons. The summed E-state index contributed by atoms with van der Waals surface area (Å²) in [7, 11) is 2.14. The van der Waals surface area contributed by atoms with Crippen molar-refractivity contribution in [2.24, 2.45) is 0 Å². The number of likely N-dealkylation sites (N-methyl/N-ethyl adjacent to an activating group) is 1. The van der Waals surface area contributed by atoms with Gasteiger partial charge < -0.3 is 14.4 Å². The van der Waals surface area contributed by atoms with Crippen molar-refractivity contribution in [2.45, 2.75) is 45.8 Å². The number of nitrogens with zero attached hydrogens (tertiary/aromatic N) is 1. The Morgan fingerprint density at radius 1 is 1.08 bits per heavy atom. The average Bonchev–Trinajstić information content (AvgIpc) is 2.78. The Hall–Kier alpha value is -2.42. The molecule has 0 aliphatic carbocycles. The lowest BCUT2D eigenvalue weighted by molar-refractivity contribution is 0.0543. The van der Waals surface area contributed by atoms with Gasteiger partial charge in [0.25, 0.3) is 0 Å². The van der Waals surface area contributed by atoms with Gasteiger partial charge in [0.2, 0.25) is 5.72 Å².